The second kappa shape index (κ2) is 7.25. The highest BCUT2D eigenvalue weighted by atomic mass is 16.2. The van der Waals surface area contributed by atoms with Crippen molar-refractivity contribution < 1.29 is 9.59 Å². The van der Waals surface area contributed by atoms with Gasteiger partial charge in [0.05, 0.1) is 0 Å². The summed E-state index contributed by atoms with van der Waals surface area (Å²) in [5, 5.41) is 5.70. The molecule has 0 aliphatic heterocycles. The maximum atomic E-state index is 12.6. The summed E-state index contributed by atoms with van der Waals surface area (Å²) in [6, 6.07) is 9.44. The van der Waals surface area contributed by atoms with Crippen molar-refractivity contribution in [3.05, 3.63) is 59.4 Å². The van der Waals surface area contributed by atoms with Crippen LogP contribution in [0.2, 0.25) is 0 Å². The van der Waals surface area contributed by atoms with E-state index in [0.29, 0.717) is 6.54 Å². The zero-order valence-corrected chi connectivity index (χ0v) is 14.5. The number of nitrogens with zero attached hydrogens (tertiary/aromatic N) is 1. The van der Waals surface area contributed by atoms with Gasteiger partial charge < -0.3 is 10.6 Å². The maximum absolute atomic E-state index is 12.6. The van der Waals surface area contributed by atoms with E-state index in [9.17, 15) is 9.59 Å². The summed E-state index contributed by atoms with van der Waals surface area (Å²) in [6.45, 7) is 7.47. The van der Waals surface area contributed by atoms with E-state index in [1.165, 1.54) is 0 Å². The van der Waals surface area contributed by atoms with E-state index >= 15 is 0 Å². The molecule has 2 N–H and O–H groups in total. The Bertz CT molecular complexity index is 719. The third-order valence-electron chi connectivity index (χ3n) is 4.06. The molecule has 0 spiro atoms. The number of aryl methyl sites for hydroxylation is 2. The molecule has 0 aliphatic carbocycles. The number of rotatable bonds is 5. The van der Waals surface area contributed by atoms with Gasteiger partial charge in [-0.1, -0.05) is 18.2 Å². The Balaban J connectivity index is 2.05. The molecule has 0 fully saturated rings. The Morgan fingerprint density at radius 3 is 2.17 bits per heavy atom. The van der Waals surface area contributed by atoms with Gasteiger partial charge in [0.1, 0.15) is 5.41 Å². The largest absolute Gasteiger partial charge is 0.351 e. The van der Waals surface area contributed by atoms with Gasteiger partial charge in [0.15, 0.2) is 0 Å². The summed E-state index contributed by atoms with van der Waals surface area (Å²) in [5.41, 5.74) is 2.45. The monoisotopic (exact) mass is 325 g/mol. The molecule has 2 rings (SSSR count). The molecule has 0 saturated carbocycles. The normalized spacial score (nSPS) is 11.0. The van der Waals surface area contributed by atoms with Crippen LogP contribution in [0.4, 0.5) is 5.69 Å². The van der Waals surface area contributed by atoms with Crippen molar-refractivity contribution in [3.63, 3.8) is 0 Å². The van der Waals surface area contributed by atoms with Crippen molar-refractivity contribution in [1.29, 1.82) is 0 Å². The molecule has 0 aliphatic rings. The van der Waals surface area contributed by atoms with Crippen molar-refractivity contribution in [3.8, 4) is 0 Å². The lowest BCUT2D eigenvalue weighted by molar-refractivity contribution is -0.138. The Morgan fingerprint density at radius 1 is 1.00 bits per heavy atom. The zero-order valence-electron chi connectivity index (χ0n) is 14.5. The fourth-order valence-corrected chi connectivity index (χ4v) is 2.29. The molecule has 1 aromatic heterocycles. The molecule has 5 nitrogen and oxygen atoms in total. The van der Waals surface area contributed by atoms with Crippen LogP contribution in [0.15, 0.2) is 42.7 Å². The molecule has 126 valence electrons. The molecular formula is C19H23N3O2. The highest BCUT2D eigenvalue weighted by Crippen LogP contribution is 2.24. The van der Waals surface area contributed by atoms with E-state index in [2.05, 4.69) is 15.6 Å². The number of benzene rings is 1. The molecule has 1 heterocycles. The average molecular weight is 325 g/mol. The van der Waals surface area contributed by atoms with Crippen LogP contribution in [0.5, 0.6) is 0 Å². The van der Waals surface area contributed by atoms with Gasteiger partial charge in [0, 0.05) is 24.6 Å². The summed E-state index contributed by atoms with van der Waals surface area (Å²) >= 11 is 0. The van der Waals surface area contributed by atoms with Gasteiger partial charge in [-0.2, -0.15) is 0 Å². The van der Waals surface area contributed by atoms with Crippen LogP contribution in [0.1, 0.15) is 30.5 Å². The smallest absolute Gasteiger partial charge is 0.239 e. The number of carbonyl (C=O) groups is 2. The summed E-state index contributed by atoms with van der Waals surface area (Å²) in [5.74, 6) is -0.643. The Labute approximate surface area is 142 Å². The number of amides is 2. The molecular weight excluding hydrogens is 302 g/mol. The number of carbonyl (C=O) groups excluding carboxylic acids is 2. The highest BCUT2D eigenvalue weighted by molar-refractivity contribution is 6.10. The number of aromatic nitrogens is 1. The summed E-state index contributed by atoms with van der Waals surface area (Å²) in [7, 11) is 0. The number of para-hydroxylation sites is 1. The van der Waals surface area contributed by atoms with E-state index in [0.717, 1.165) is 22.4 Å². The van der Waals surface area contributed by atoms with Crippen molar-refractivity contribution in [2.45, 2.75) is 34.2 Å². The standard InChI is InChI=1S/C19H23N3O2/c1-13-6-5-7-14(2)16(13)22-18(24)19(3,4)17(23)21-12-15-8-10-20-11-9-15/h5-11H,12H2,1-4H3,(H,21,23)(H,22,24). The van der Waals surface area contributed by atoms with Gasteiger partial charge in [-0.3, -0.25) is 14.6 Å². The minimum absolute atomic E-state index is 0.317. The molecule has 0 bridgehead atoms. The van der Waals surface area contributed by atoms with Crippen LogP contribution in [0.3, 0.4) is 0 Å². The summed E-state index contributed by atoms with van der Waals surface area (Å²) < 4.78 is 0. The van der Waals surface area contributed by atoms with E-state index in [1.807, 2.05) is 44.2 Å². The Morgan fingerprint density at radius 2 is 1.58 bits per heavy atom. The predicted molar refractivity (Wildman–Crippen MR) is 94.4 cm³/mol. The second-order valence-electron chi connectivity index (χ2n) is 6.38. The molecule has 5 heteroatoms. The van der Waals surface area contributed by atoms with Crippen LogP contribution >= 0.6 is 0 Å². The number of hydrogen-bond acceptors (Lipinski definition) is 3. The summed E-state index contributed by atoms with van der Waals surface area (Å²) in [6.07, 6.45) is 3.33. The van der Waals surface area contributed by atoms with E-state index in [1.54, 1.807) is 26.2 Å². The van der Waals surface area contributed by atoms with Crippen molar-refractivity contribution >= 4 is 17.5 Å². The van der Waals surface area contributed by atoms with Gasteiger partial charge >= 0.3 is 0 Å². The molecule has 2 amide bonds. The van der Waals surface area contributed by atoms with Crippen LogP contribution < -0.4 is 10.6 Å². The lowest BCUT2D eigenvalue weighted by Gasteiger charge is -2.24. The van der Waals surface area contributed by atoms with Crippen LogP contribution in [0.25, 0.3) is 0 Å². The number of pyridine rings is 1. The molecule has 2 aromatic rings. The van der Waals surface area contributed by atoms with Crippen LogP contribution in [-0.4, -0.2) is 16.8 Å². The van der Waals surface area contributed by atoms with Gasteiger partial charge in [0.25, 0.3) is 0 Å². The fourth-order valence-electron chi connectivity index (χ4n) is 2.29. The van der Waals surface area contributed by atoms with Crippen LogP contribution in [-0.2, 0) is 16.1 Å². The third kappa shape index (κ3) is 3.98. The number of anilines is 1. The topological polar surface area (TPSA) is 71.1 Å². The molecule has 0 atom stereocenters. The van der Waals surface area contributed by atoms with E-state index in [4.69, 9.17) is 0 Å². The van der Waals surface area contributed by atoms with E-state index < -0.39 is 5.41 Å². The first kappa shape index (κ1) is 17.7. The van der Waals surface area contributed by atoms with Crippen molar-refractivity contribution in [1.82, 2.24) is 10.3 Å². The molecule has 0 radical (unpaired) electrons. The Hall–Kier alpha value is -2.69. The van der Waals surface area contributed by atoms with Crippen LogP contribution in [0, 0.1) is 19.3 Å². The van der Waals surface area contributed by atoms with Gasteiger partial charge in [-0.05, 0) is 56.5 Å². The number of nitrogens with one attached hydrogen (secondary N) is 2. The first-order chi connectivity index (χ1) is 11.3. The van der Waals surface area contributed by atoms with Gasteiger partial charge in [0.2, 0.25) is 11.8 Å². The molecule has 0 saturated heterocycles. The van der Waals surface area contributed by atoms with Crippen molar-refractivity contribution in [2.75, 3.05) is 5.32 Å². The highest BCUT2D eigenvalue weighted by Gasteiger charge is 2.36. The minimum atomic E-state index is -1.18. The SMILES string of the molecule is Cc1cccc(C)c1NC(=O)C(C)(C)C(=O)NCc1ccncc1. The van der Waals surface area contributed by atoms with Gasteiger partial charge in [-0.25, -0.2) is 0 Å². The molecule has 0 unspecified atom stereocenters. The molecule has 24 heavy (non-hydrogen) atoms. The zero-order chi connectivity index (χ0) is 17.7. The lowest BCUT2D eigenvalue weighted by atomic mass is 9.90. The predicted octanol–water partition coefficient (Wildman–Crippen LogP) is 2.98. The number of hydrogen-bond donors (Lipinski definition) is 2. The minimum Gasteiger partial charge on any atom is -0.351 e. The quantitative estimate of drug-likeness (QED) is 0.830. The van der Waals surface area contributed by atoms with E-state index in [-0.39, 0.29) is 11.8 Å². The molecule has 1 aromatic carbocycles. The second-order valence-corrected chi connectivity index (χ2v) is 6.38. The maximum Gasteiger partial charge on any atom is 0.239 e. The first-order valence-electron chi connectivity index (χ1n) is 7.87. The first-order valence-corrected chi connectivity index (χ1v) is 7.87. The van der Waals surface area contributed by atoms with Gasteiger partial charge in [-0.15, -0.1) is 0 Å². The third-order valence-corrected chi connectivity index (χ3v) is 4.06. The Kier molecular flexibility index (Phi) is 5.34. The van der Waals surface area contributed by atoms with Crippen molar-refractivity contribution in [2.24, 2.45) is 5.41 Å². The lowest BCUT2D eigenvalue weighted by Crippen LogP contribution is -2.45. The average Bonchev–Trinajstić information content (AvgIpc) is 2.56. The summed E-state index contributed by atoms with van der Waals surface area (Å²) in [4.78, 5) is 29.0. The fraction of sp³-hybridized carbons (Fsp3) is 0.316.